The van der Waals surface area contributed by atoms with Gasteiger partial charge in [-0.1, -0.05) is 24.3 Å². The van der Waals surface area contributed by atoms with Crippen LogP contribution in [0.3, 0.4) is 0 Å². The first-order chi connectivity index (χ1) is 23.2. The van der Waals surface area contributed by atoms with Gasteiger partial charge < -0.3 is 45.1 Å². The molecule has 1 amide bonds. The zero-order chi connectivity index (χ0) is 35.4. The van der Waals surface area contributed by atoms with E-state index in [0.29, 0.717) is 6.42 Å². The highest BCUT2D eigenvalue weighted by Gasteiger charge is 2.49. The van der Waals surface area contributed by atoms with Crippen molar-refractivity contribution in [2.24, 2.45) is 0 Å². The van der Waals surface area contributed by atoms with Crippen LogP contribution in [0.15, 0.2) is 42.5 Å². The van der Waals surface area contributed by atoms with Crippen molar-refractivity contribution in [1.82, 2.24) is 5.32 Å². The van der Waals surface area contributed by atoms with Gasteiger partial charge in [-0.15, -0.1) is 0 Å². The lowest BCUT2D eigenvalue weighted by atomic mass is 9.72. The fourth-order valence-electron chi connectivity index (χ4n) is 6.97. The second kappa shape index (κ2) is 12.9. The Hall–Kier alpha value is -4.82. The van der Waals surface area contributed by atoms with Crippen molar-refractivity contribution in [3.63, 3.8) is 0 Å². The lowest BCUT2D eigenvalue weighted by molar-refractivity contribution is -0.249. The predicted molar refractivity (Wildman–Crippen MR) is 171 cm³/mol. The third-order valence-electron chi connectivity index (χ3n) is 9.68. The van der Waals surface area contributed by atoms with E-state index in [0.717, 1.165) is 12.5 Å². The summed E-state index contributed by atoms with van der Waals surface area (Å²) in [5, 5.41) is 57.9. The number of rotatable bonds is 8. The molecule has 2 aliphatic carbocycles. The van der Waals surface area contributed by atoms with Gasteiger partial charge in [0, 0.05) is 42.4 Å². The molecule has 1 fully saturated rings. The summed E-state index contributed by atoms with van der Waals surface area (Å²) in [7, 11) is 1.33. The number of aliphatic hydroxyl groups is 2. The normalized spacial score (nSPS) is 25.9. The van der Waals surface area contributed by atoms with E-state index in [2.05, 4.69) is 5.32 Å². The molecule has 3 aromatic carbocycles. The molecule has 0 bridgehead atoms. The first kappa shape index (κ1) is 34.1. The molecule has 3 aromatic rings. The van der Waals surface area contributed by atoms with E-state index in [4.69, 9.17) is 14.2 Å². The zero-order valence-electron chi connectivity index (χ0n) is 27.1. The first-order valence-electron chi connectivity index (χ1n) is 15.9. The Kier molecular flexibility index (Phi) is 8.96. The molecule has 6 atom stereocenters. The number of ether oxygens (including phenoxy) is 3. The molecule has 6 rings (SSSR count). The van der Waals surface area contributed by atoms with Gasteiger partial charge in [0.1, 0.15) is 34.7 Å². The lowest BCUT2D eigenvalue weighted by Crippen LogP contribution is -2.55. The number of hydrogen-bond acceptors (Lipinski definition) is 12. The van der Waals surface area contributed by atoms with E-state index in [-0.39, 0.29) is 52.5 Å². The Bertz CT molecular complexity index is 1850. The molecule has 1 saturated heterocycles. The maximum Gasteiger partial charge on any atom is 0.220 e. The van der Waals surface area contributed by atoms with Gasteiger partial charge >= 0.3 is 0 Å². The molecular formula is C36H37NO12. The number of fused-ring (bicyclic) bond motifs is 3. The van der Waals surface area contributed by atoms with Crippen LogP contribution in [0.25, 0.3) is 0 Å². The number of aliphatic hydroxyl groups excluding tert-OH is 1. The molecular weight excluding hydrogens is 638 g/mol. The van der Waals surface area contributed by atoms with Gasteiger partial charge in [-0.25, -0.2) is 0 Å². The summed E-state index contributed by atoms with van der Waals surface area (Å²) >= 11 is 0. The predicted octanol–water partition coefficient (Wildman–Crippen LogP) is 2.52. The van der Waals surface area contributed by atoms with Crippen LogP contribution in [0.4, 0.5) is 0 Å². The van der Waals surface area contributed by atoms with Crippen LogP contribution < -0.4 is 10.1 Å². The molecule has 49 heavy (non-hydrogen) atoms. The molecule has 13 nitrogen and oxygen atoms in total. The maximum atomic E-state index is 13.9. The third-order valence-corrected chi connectivity index (χ3v) is 9.68. The average Bonchev–Trinajstić information content (AvgIpc) is 3.06. The third kappa shape index (κ3) is 6.03. The summed E-state index contributed by atoms with van der Waals surface area (Å²) in [5.41, 5.74) is -2.55. The number of amides is 1. The summed E-state index contributed by atoms with van der Waals surface area (Å²) in [5.74, 6) is -3.67. The molecule has 1 aliphatic heterocycles. The quantitative estimate of drug-likeness (QED) is 0.149. The van der Waals surface area contributed by atoms with Crippen LogP contribution in [-0.4, -0.2) is 86.0 Å². The minimum Gasteiger partial charge on any atom is -0.508 e. The second-order valence-electron chi connectivity index (χ2n) is 12.8. The number of aryl methyl sites for hydroxylation is 1. The molecule has 0 saturated carbocycles. The van der Waals surface area contributed by atoms with Gasteiger partial charge in [-0.05, 0) is 44.0 Å². The van der Waals surface area contributed by atoms with E-state index < -0.39 is 89.1 Å². The van der Waals surface area contributed by atoms with Crippen LogP contribution in [-0.2, 0) is 31.9 Å². The van der Waals surface area contributed by atoms with Crippen LogP contribution >= 0.6 is 0 Å². The first-order valence-corrected chi connectivity index (χ1v) is 15.9. The zero-order valence-corrected chi connectivity index (χ0v) is 27.1. The van der Waals surface area contributed by atoms with Crippen molar-refractivity contribution in [3.8, 4) is 23.0 Å². The molecule has 3 aliphatic rings. The number of carbonyl (C=O) groups is 4. The van der Waals surface area contributed by atoms with Crippen LogP contribution in [0.1, 0.15) is 87.7 Å². The highest BCUT2D eigenvalue weighted by molar-refractivity contribution is 6.31. The van der Waals surface area contributed by atoms with E-state index in [1.807, 2.05) is 0 Å². The number of phenols is 3. The largest absolute Gasteiger partial charge is 0.508 e. The number of benzene rings is 3. The van der Waals surface area contributed by atoms with Crippen LogP contribution in [0.2, 0.25) is 0 Å². The maximum absolute atomic E-state index is 13.9. The number of hydrogen-bond donors (Lipinski definition) is 6. The molecule has 0 unspecified atom stereocenters. The van der Waals surface area contributed by atoms with E-state index in [1.54, 1.807) is 19.1 Å². The lowest BCUT2D eigenvalue weighted by Gasteiger charge is -2.42. The topological polar surface area (TPSA) is 209 Å². The van der Waals surface area contributed by atoms with Crippen molar-refractivity contribution in [2.75, 3.05) is 7.11 Å². The standard InChI is InChI=1S/C36H37NO12/c1-16-31(41)22(37-25(40)12-9-18-7-10-19(39)11-8-18)13-26(48-16)49-24-15-36(46,17(2)38)14-21-28(24)35(45)30-29(33(21)43)32(42)20-5-4-6-23(47-3)27(20)34(30)44/h4-8,10-11,16,22,24,26,31,39,41,43,45-46H,9,12-15H2,1-3H3,(H,37,40)/t16-,22-,24-,26-,31+,36-/m0/s1. The fourth-order valence-corrected chi connectivity index (χ4v) is 6.97. The Morgan fingerprint density at radius 1 is 1.00 bits per heavy atom. The Labute approximate surface area is 281 Å². The van der Waals surface area contributed by atoms with E-state index in [1.165, 1.54) is 37.4 Å². The van der Waals surface area contributed by atoms with Gasteiger partial charge in [0.15, 0.2) is 17.9 Å². The van der Waals surface area contributed by atoms with E-state index >= 15 is 0 Å². The summed E-state index contributed by atoms with van der Waals surface area (Å²) in [6, 6.07) is 10.0. The summed E-state index contributed by atoms with van der Waals surface area (Å²) in [6.07, 6.45) is -4.92. The van der Waals surface area contributed by atoms with Crippen molar-refractivity contribution in [3.05, 3.63) is 81.4 Å². The second-order valence-corrected chi connectivity index (χ2v) is 12.8. The number of aromatic hydroxyl groups is 3. The summed E-state index contributed by atoms with van der Waals surface area (Å²) in [4.78, 5) is 53.2. The van der Waals surface area contributed by atoms with Crippen molar-refractivity contribution < 1.29 is 58.9 Å². The molecule has 0 radical (unpaired) electrons. The number of nitrogens with one attached hydrogen (secondary N) is 1. The van der Waals surface area contributed by atoms with Crippen LogP contribution in [0.5, 0.6) is 23.0 Å². The Morgan fingerprint density at radius 3 is 2.37 bits per heavy atom. The molecule has 0 spiro atoms. The number of Topliss-reactive ketones (excluding diaryl/α,β-unsaturated/α-hetero) is 1. The number of methoxy groups -OCH3 is 1. The molecule has 0 aromatic heterocycles. The fraction of sp³-hybridized carbons (Fsp3) is 0.389. The molecule has 258 valence electrons. The molecule has 13 heteroatoms. The van der Waals surface area contributed by atoms with Gasteiger partial charge in [-0.2, -0.15) is 0 Å². The summed E-state index contributed by atoms with van der Waals surface area (Å²) in [6.45, 7) is 2.74. The SMILES string of the molecule is COc1cccc2c1C(=O)c1c(O)c3c(c(O)c1C2=O)C[C@@](O)(C(C)=O)C[C@@H]3O[C@H]1C[C@H](NC(=O)CCc2ccc(O)cc2)[C@H](O)[C@H](C)O1. The van der Waals surface area contributed by atoms with Crippen LogP contribution in [0, 0.1) is 0 Å². The van der Waals surface area contributed by atoms with Crippen molar-refractivity contribution in [2.45, 2.75) is 82.2 Å². The monoisotopic (exact) mass is 675 g/mol. The minimum atomic E-state index is -2.08. The van der Waals surface area contributed by atoms with Crippen molar-refractivity contribution in [1.29, 1.82) is 0 Å². The van der Waals surface area contributed by atoms with Gasteiger partial charge in [-0.3, -0.25) is 19.2 Å². The minimum absolute atomic E-state index is 0.0451. The number of ketones is 3. The Morgan fingerprint density at radius 2 is 1.69 bits per heavy atom. The molecule has 6 N–H and O–H groups in total. The highest BCUT2D eigenvalue weighted by Crippen LogP contribution is 2.52. The number of carbonyl (C=O) groups excluding carboxylic acids is 4. The highest BCUT2D eigenvalue weighted by atomic mass is 16.7. The smallest absolute Gasteiger partial charge is 0.220 e. The van der Waals surface area contributed by atoms with Gasteiger partial charge in [0.2, 0.25) is 11.7 Å². The Balaban J connectivity index is 1.31. The van der Waals surface area contributed by atoms with E-state index in [9.17, 15) is 44.7 Å². The van der Waals surface area contributed by atoms with Gasteiger partial charge in [0.05, 0.1) is 42.0 Å². The average molecular weight is 676 g/mol. The summed E-state index contributed by atoms with van der Waals surface area (Å²) < 4.78 is 17.5. The van der Waals surface area contributed by atoms with Gasteiger partial charge in [0.25, 0.3) is 0 Å². The number of phenolic OH excluding ortho intramolecular Hbond substituents is 3. The van der Waals surface area contributed by atoms with Crippen molar-refractivity contribution >= 4 is 23.3 Å². The molecule has 1 heterocycles.